The summed E-state index contributed by atoms with van der Waals surface area (Å²) in [6.07, 6.45) is 1.96. The minimum atomic E-state index is -0.327. The van der Waals surface area contributed by atoms with Crippen molar-refractivity contribution in [1.82, 2.24) is 9.55 Å². The van der Waals surface area contributed by atoms with Gasteiger partial charge in [0.05, 0.1) is 30.1 Å². The predicted molar refractivity (Wildman–Crippen MR) is 125 cm³/mol. The minimum Gasteiger partial charge on any atom is -0.495 e. The van der Waals surface area contributed by atoms with Gasteiger partial charge in [0.25, 0.3) is 5.56 Å². The molecule has 8 heteroatoms. The number of hydrogen-bond donors (Lipinski definition) is 1. The van der Waals surface area contributed by atoms with Gasteiger partial charge in [-0.15, -0.1) is 11.3 Å². The average Bonchev–Trinajstić information content (AvgIpc) is 3.41. The summed E-state index contributed by atoms with van der Waals surface area (Å²) in [5, 5.41) is 10.5. The smallest absolute Gasteiger partial charge is 0.275 e. The van der Waals surface area contributed by atoms with Gasteiger partial charge in [-0.1, -0.05) is 23.7 Å². The molecule has 0 bridgehead atoms. The standard InChI is InChI=1S/C23H20ClN3O3S/c1-30-20-10-16(6-7-19(20)26-9-8-17(28)12-26)27-13-25-18-11-21(31-22(18)23(27)29)14-2-4-15(24)5-3-14/h2-7,10-11,13,17,28H,8-9,12H2,1H3. The molecular formula is C23H20ClN3O3S. The Morgan fingerprint density at radius 3 is 2.71 bits per heavy atom. The van der Waals surface area contributed by atoms with Gasteiger partial charge in [0.2, 0.25) is 0 Å². The lowest BCUT2D eigenvalue weighted by atomic mass is 10.2. The fourth-order valence-electron chi connectivity index (χ4n) is 3.89. The fourth-order valence-corrected chi connectivity index (χ4v) is 5.06. The summed E-state index contributed by atoms with van der Waals surface area (Å²) in [7, 11) is 1.61. The van der Waals surface area contributed by atoms with Crippen LogP contribution in [0.4, 0.5) is 5.69 Å². The number of benzene rings is 2. The summed E-state index contributed by atoms with van der Waals surface area (Å²) in [6, 6.07) is 15.1. The third kappa shape index (κ3) is 3.69. The number of fused-ring (bicyclic) bond motifs is 1. The topological polar surface area (TPSA) is 67.6 Å². The number of rotatable bonds is 4. The molecule has 1 unspecified atom stereocenters. The van der Waals surface area contributed by atoms with Crippen LogP contribution >= 0.6 is 22.9 Å². The third-order valence-electron chi connectivity index (χ3n) is 5.51. The first kappa shape index (κ1) is 20.1. The van der Waals surface area contributed by atoms with Crippen LogP contribution in [0.15, 0.2) is 59.7 Å². The number of ether oxygens (including phenoxy) is 1. The Bertz CT molecular complexity index is 1320. The number of aromatic nitrogens is 2. The average molecular weight is 454 g/mol. The normalized spacial score (nSPS) is 16.2. The van der Waals surface area contributed by atoms with Crippen LogP contribution in [0, 0.1) is 0 Å². The predicted octanol–water partition coefficient (Wildman–Crippen LogP) is 4.35. The number of halogens is 1. The first-order valence-corrected chi connectivity index (χ1v) is 11.1. The van der Waals surface area contributed by atoms with Gasteiger partial charge in [0, 0.05) is 29.1 Å². The fraction of sp³-hybridized carbons (Fsp3) is 0.217. The summed E-state index contributed by atoms with van der Waals surface area (Å²) in [6.45, 7) is 1.35. The number of hydrogen-bond acceptors (Lipinski definition) is 6. The van der Waals surface area contributed by atoms with Crippen molar-refractivity contribution in [2.45, 2.75) is 12.5 Å². The first-order chi connectivity index (χ1) is 15.0. The van der Waals surface area contributed by atoms with E-state index in [1.807, 2.05) is 48.5 Å². The van der Waals surface area contributed by atoms with Gasteiger partial charge in [-0.3, -0.25) is 9.36 Å². The van der Waals surface area contributed by atoms with Crippen molar-refractivity contribution >= 4 is 38.8 Å². The number of aliphatic hydroxyl groups is 1. The lowest BCUT2D eigenvalue weighted by molar-refractivity contribution is 0.198. The Labute approximate surface area is 187 Å². The van der Waals surface area contributed by atoms with Gasteiger partial charge in [0.15, 0.2) is 0 Å². The second-order valence-electron chi connectivity index (χ2n) is 7.50. The Morgan fingerprint density at radius 1 is 1.19 bits per heavy atom. The molecule has 158 valence electrons. The molecule has 0 radical (unpaired) electrons. The Hall–Kier alpha value is -2.87. The van der Waals surface area contributed by atoms with Gasteiger partial charge in [-0.2, -0.15) is 0 Å². The van der Waals surface area contributed by atoms with E-state index in [1.54, 1.807) is 13.4 Å². The molecule has 0 saturated carbocycles. The van der Waals surface area contributed by atoms with Crippen molar-refractivity contribution in [3.63, 3.8) is 0 Å². The number of thiophene rings is 1. The summed E-state index contributed by atoms with van der Waals surface area (Å²) in [4.78, 5) is 20.8. The molecule has 4 aromatic rings. The highest BCUT2D eigenvalue weighted by Crippen LogP contribution is 2.34. The lowest BCUT2D eigenvalue weighted by Crippen LogP contribution is -2.22. The summed E-state index contributed by atoms with van der Waals surface area (Å²) in [5.41, 5.74) is 3.14. The van der Waals surface area contributed by atoms with Gasteiger partial charge in [0.1, 0.15) is 16.8 Å². The van der Waals surface area contributed by atoms with E-state index in [0.29, 0.717) is 33.2 Å². The van der Waals surface area contributed by atoms with E-state index in [2.05, 4.69) is 9.88 Å². The van der Waals surface area contributed by atoms with Crippen LogP contribution < -0.4 is 15.2 Å². The quantitative estimate of drug-likeness (QED) is 0.497. The van der Waals surface area contributed by atoms with E-state index < -0.39 is 0 Å². The van der Waals surface area contributed by atoms with E-state index in [0.717, 1.165) is 29.1 Å². The first-order valence-electron chi connectivity index (χ1n) is 9.92. The highest BCUT2D eigenvalue weighted by molar-refractivity contribution is 7.22. The van der Waals surface area contributed by atoms with E-state index in [-0.39, 0.29) is 11.7 Å². The van der Waals surface area contributed by atoms with Crippen LogP contribution in [0.1, 0.15) is 6.42 Å². The van der Waals surface area contributed by atoms with E-state index >= 15 is 0 Å². The zero-order valence-electron chi connectivity index (χ0n) is 16.8. The van der Waals surface area contributed by atoms with Crippen molar-refractivity contribution in [1.29, 1.82) is 0 Å². The van der Waals surface area contributed by atoms with Crippen molar-refractivity contribution in [3.8, 4) is 21.9 Å². The monoisotopic (exact) mass is 453 g/mol. The van der Waals surface area contributed by atoms with Crippen molar-refractivity contribution < 1.29 is 9.84 Å². The molecule has 1 fully saturated rings. The number of methoxy groups -OCH3 is 1. The Balaban J connectivity index is 1.55. The zero-order chi connectivity index (χ0) is 21.5. The second-order valence-corrected chi connectivity index (χ2v) is 8.98. The van der Waals surface area contributed by atoms with Gasteiger partial charge >= 0.3 is 0 Å². The van der Waals surface area contributed by atoms with E-state index in [1.165, 1.54) is 15.9 Å². The van der Waals surface area contributed by atoms with Crippen LogP contribution in [-0.2, 0) is 0 Å². The van der Waals surface area contributed by atoms with Gasteiger partial charge in [-0.05, 0) is 42.3 Å². The Morgan fingerprint density at radius 2 is 2.00 bits per heavy atom. The van der Waals surface area contributed by atoms with Crippen LogP contribution in [0.5, 0.6) is 5.75 Å². The molecule has 1 saturated heterocycles. The molecule has 0 aliphatic carbocycles. The van der Waals surface area contributed by atoms with Crippen molar-refractivity contribution in [2.75, 3.05) is 25.1 Å². The van der Waals surface area contributed by atoms with Crippen LogP contribution in [0.2, 0.25) is 5.02 Å². The van der Waals surface area contributed by atoms with E-state index in [4.69, 9.17) is 16.3 Å². The highest BCUT2D eigenvalue weighted by Gasteiger charge is 2.23. The summed E-state index contributed by atoms with van der Waals surface area (Å²) in [5.74, 6) is 0.659. The molecule has 1 aliphatic rings. The molecule has 1 atom stereocenters. The number of nitrogens with zero attached hydrogens (tertiary/aromatic N) is 3. The molecule has 2 aromatic heterocycles. The maximum atomic E-state index is 13.2. The maximum Gasteiger partial charge on any atom is 0.275 e. The zero-order valence-corrected chi connectivity index (χ0v) is 18.4. The van der Waals surface area contributed by atoms with Gasteiger partial charge < -0.3 is 14.7 Å². The van der Waals surface area contributed by atoms with Gasteiger partial charge in [-0.25, -0.2) is 4.98 Å². The maximum absolute atomic E-state index is 13.2. The molecule has 6 nitrogen and oxygen atoms in total. The number of β-amino-alcohol motifs (C(OH)–C–C–N with tert-alkyl or cyclic N) is 1. The molecule has 0 spiro atoms. The number of anilines is 1. The second kappa shape index (κ2) is 8.00. The SMILES string of the molecule is COc1cc(-n2cnc3cc(-c4ccc(Cl)cc4)sc3c2=O)ccc1N1CCC(O)C1. The molecule has 2 aromatic carbocycles. The van der Waals surface area contributed by atoms with Crippen LogP contribution in [-0.4, -0.2) is 41.0 Å². The summed E-state index contributed by atoms with van der Waals surface area (Å²) < 4.78 is 7.72. The molecule has 3 heterocycles. The largest absolute Gasteiger partial charge is 0.495 e. The molecule has 5 rings (SSSR count). The highest BCUT2D eigenvalue weighted by atomic mass is 35.5. The van der Waals surface area contributed by atoms with Crippen molar-refractivity contribution in [2.24, 2.45) is 0 Å². The molecule has 31 heavy (non-hydrogen) atoms. The van der Waals surface area contributed by atoms with Crippen LogP contribution in [0.25, 0.3) is 26.3 Å². The Kier molecular flexibility index (Phi) is 5.17. The minimum absolute atomic E-state index is 0.124. The molecule has 1 N–H and O–H groups in total. The molecule has 1 aliphatic heterocycles. The third-order valence-corrected chi connectivity index (χ3v) is 6.93. The lowest BCUT2D eigenvalue weighted by Gasteiger charge is -2.21. The van der Waals surface area contributed by atoms with E-state index in [9.17, 15) is 9.90 Å². The van der Waals surface area contributed by atoms with Crippen LogP contribution in [0.3, 0.4) is 0 Å². The van der Waals surface area contributed by atoms with Crippen molar-refractivity contribution in [3.05, 3.63) is 70.2 Å². The number of aliphatic hydroxyl groups excluding tert-OH is 1. The molecule has 0 amide bonds. The molecular weight excluding hydrogens is 434 g/mol. The summed E-state index contributed by atoms with van der Waals surface area (Å²) >= 11 is 7.41.